The van der Waals surface area contributed by atoms with Crippen molar-refractivity contribution < 1.29 is 9.59 Å². The molecule has 0 saturated heterocycles. The van der Waals surface area contributed by atoms with Crippen LogP contribution in [-0.4, -0.2) is 11.7 Å². The predicted molar refractivity (Wildman–Crippen MR) is 98.5 cm³/mol. The summed E-state index contributed by atoms with van der Waals surface area (Å²) in [5.74, 6) is -0.617. The number of nitrogens with two attached hydrogens (primary N) is 1. The summed E-state index contributed by atoms with van der Waals surface area (Å²) in [6, 6.07) is 24.8. The number of hydrogen-bond donors (Lipinski definition) is 2. The lowest BCUT2D eigenvalue weighted by Crippen LogP contribution is -2.23. The normalized spacial score (nSPS) is 11.5. The van der Waals surface area contributed by atoms with E-state index in [0.29, 0.717) is 16.8 Å². The van der Waals surface area contributed by atoms with Crippen LogP contribution in [0.3, 0.4) is 0 Å². The molecule has 0 unspecified atom stereocenters. The minimum Gasteiger partial charge on any atom is -0.371 e. The van der Waals surface area contributed by atoms with E-state index in [1.54, 1.807) is 36.4 Å². The van der Waals surface area contributed by atoms with Gasteiger partial charge in [0.05, 0.1) is 5.56 Å². The molecule has 0 saturated carbocycles. The molecule has 0 aliphatic carbocycles. The van der Waals surface area contributed by atoms with Gasteiger partial charge in [-0.05, 0) is 17.7 Å². The number of amides is 1. The molecule has 1 atom stereocenters. The van der Waals surface area contributed by atoms with Crippen LogP contribution >= 0.6 is 0 Å². The van der Waals surface area contributed by atoms with Crippen LogP contribution in [0.2, 0.25) is 0 Å². The van der Waals surface area contributed by atoms with Crippen LogP contribution in [0, 0.1) is 0 Å². The van der Waals surface area contributed by atoms with Crippen LogP contribution in [-0.2, 0) is 0 Å². The van der Waals surface area contributed by atoms with Crippen molar-refractivity contribution in [3.8, 4) is 0 Å². The molecule has 0 bridgehead atoms. The molecule has 0 fully saturated rings. The third-order valence-corrected chi connectivity index (χ3v) is 3.95. The number of carbonyl (C=O) groups is 2. The first-order chi connectivity index (χ1) is 12.2. The lowest BCUT2D eigenvalue weighted by molar-refractivity contribution is 0.0965. The largest absolute Gasteiger partial charge is 0.371 e. The molecule has 3 aromatic carbocycles. The number of nitrogens with one attached hydrogen (secondary N) is 1. The zero-order valence-electron chi connectivity index (χ0n) is 13.6. The first-order valence-corrected chi connectivity index (χ1v) is 7.96. The summed E-state index contributed by atoms with van der Waals surface area (Å²) in [4.78, 5) is 24.7. The van der Waals surface area contributed by atoms with E-state index in [4.69, 9.17) is 5.73 Å². The maximum atomic E-state index is 13.1. The summed E-state index contributed by atoms with van der Waals surface area (Å²) in [6.45, 7) is 0. The molecule has 0 aliphatic rings. The third-order valence-electron chi connectivity index (χ3n) is 3.95. The van der Waals surface area contributed by atoms with Crippen LogP contribution in [0.1, 0.15) is 32.3 Å². The average Bonchev–Trinajstić information content (AvgIpc) is 2.67. The number of rotatable bonds is 6. The lowest BCUT2D eigenvalue weighted by Gasteiger charge is -2.21. The quantitative estimate of drug-likeness (QED) is 0.675. The highest BCUT2D eigenvalue weighted by Crippen LogP contribution is 2.25. The van der Waals surface area contributed by atoms with Crippen molar-refractivity contribution in [3.63, 3.8) is 0 Å². The first kappa shape index (κ1) is 16.5. The number of para-hydroxylation sites is 1. The van der Waals surface area contributed by atoms with Gasteiger partial charge < -0.3 is 11.1 Å². The van der Waals surface area contributed by atoms with Gasteiger partial charge in [0.15, 0.2) is 5.78 Å². The van der Waals surface area contributed by atoms with E-state index in [2.05, 4.69) is 5.32 Å². The van der Waals surface area contributed by atoms with Crippen molar-refractivity contribution in [2.24, 2.45) is 5.73 Å². The summed E-state index contributed by atoms with van der Waals surface area (Å²) in [5.41, 5.74) is 7.75. The monoisotopic (exact) mass is 330 g/mol. The van der Waals surface area contributed by atoms with Crippen LogP contribution in [0.25, 0.3) is 0 Å². The molecular weight excluding hydrogens is 312 g/mol. The van der Waals surface area contributed by atoms with Crippen molar-refractivity contribution in [3.05, 3.63) is 102 Å². The van der Waals surface area contributed by atoms with E-state index >= 15 is 0 Å². The highest BCUT2D eigenvalue weighted by molar-refractivity contribution is 6.04. The number of anilines is 1. The van der Waals surface area contributed by atoms with Crippen molar-refractivity contribution in [1.29, 1.82) is 0 Å². The molecule has 4 nitrogen and oxygen atoms in total. The Kier molecular flexibility index (Phi) is 4.90. The molecular formula is C21H18N2O2. The van der Waals surface area contributed by atoms with Gasteiger partial charge >= 0.3 is 0 Å². The van der Waals surface area contributed by atoms with Gasteiger partial charge in [-0.25, -0.2) is 0 Å². The van der Waals surface area contributed by atoms with E-state index in [-0.39, 0.29) is 5.78 Å². The second-order valence-electron chi connectivity index (χ2n) is 5.63. The molecule has 4 heteroatoms. The van der Waals surface area contributed by atoms with Gasteiger partial charge in [-0.1, -0.05) is 72.8 Å². The Morgan fingerprint density at radius 2 is 1.32 bits per heavy atom. The maximum Gasteiger partial charge on any atom is 0.250 e. The smallest absolute Gasteiger partial charge is 0.250 e. The fourth-order valence-electron chi connectivity index (χ4n) is 2.69. The Bertz CT molecular complexity index is 877. The van der Waals surface area contributed by atoms with Gasteiger partial charge in [-0.3, -0.25) is 9.59 Å². The molecule has 25 heavy (non-hydrogen) atoms. The number of hydrogen-bond acceptors (Lipinski definition) is 3. The molecule has 0 aliphatic heterocycles. The number of carbonyl (C=O) groups excluding carboxylic acids is 2. The Hall–Kier alpha value is -3.40. The maximum absolute atomic E-state index is 13.1. The number of benzene rings is 3. The minimum atomic E-state index is -0.621. The van der Waals surface area contributed by atoms with Crippen molar-refractivity contribution >= 4 is 17.4 Å². The molecule has 124 valence electrons. The second-order valence-corrected chi connectivity index (χ2v) is 5.63. The molecule has 0 aromatic heterocycles. The van der Waals surface area contributed by atoms with Gasteiger partial charge in [0.1, 0.15) is 6.04 Å². The summed E-state index contributed by atoms with van der Waals surface area (Å²) < 4.78 is 0. The highest BCUT2D eigenvalue weighted by atomic mass is 16.1. The molecule has 0 spiro atoms. The summed E-state index contributed by atoms with van der Waals surface area (Å²) in [6.07, 6.45) is 0. The highest BCUT2D eigenvalue weighted by Gasteiger charge is 2.23. The van der Waals surface area contributed by atoms with Gasteiger partial charge in [0.25, 0.3) is 5.91 Å². The van der Waals surface area contributed by atoms with E-state index in [9.17, 15) is 9.59 Å². The van der Waals surface area contributed by atoms with Gasteiger partial charge in [-0.15, -0.1) is 0 Å². The number of primary amides is 1. The molecule has 0 radical (unpaired) electrons. The second kappa shape index (κ2) is 7.45. The fourth-order valence-corrected chi connectivity index (χ4v) is 2.69. The molecule has 3 N–H and O–H groups in total. The minimum absolute atomic E-state index is 0.0777. The summed E-state index contributed by atoms with van der Waals surface area (Å²) in [7, 11) is 0. The Labute approximate surface area is 146 Å². The average molecular weight is 330 g/mol. The third kappa shape index (κ3) is 3.75. The van der Waals surface area contributed by atoms with E-state index < -0.39 is 11.9 Å². The van der Waals surface area contributed by atoms with Crippen LogP contribution in [0.4, 0.5) is 5.69 Å². The van der Waals surface area contributed by atoms with Gasteiger partial charge in [-0.2, -0.15) is 0 Å². The topological polar surface area (TPSA) is 72.2 Å². The first-order valence-electron chi connectivity index (χ1n) is 7.96. The Balaban J connectivity index is 2.01. The summed E-state index contributed by atoms with van der Waals surface area (Å²) in [5, 5.41) is 3.19. The summed E-state index contributed by atoms with van der Waals surface area (Å²) >= 11 is 0. The van der Waals surface area contributed by atoms with Crippen molar-refractivity contribution in [2.75, 3.05) is 5.32 Å². The SMILES string of the molecule is NC(=O)c1ccccc1N[C@@H](C(=O)c1ccccc1)c1ccccc1. The lowest BCUT2D eigenvalue weighted by atomic mass is 9.96. The van der Waals surface area contributed by atoms with Crippen LogP contribution in [0.5, 0.6) is 0 Å². The van der Waals surface area contributed by atoms with E-state index in [1.165, 1.54) is 0 Å². The molecule has 3 aromatic rings. The van der Waals surface area contributed by atoms with Gasteiger partial charge in [0, 0.05) is 11.3 Å². The Morgan fingerprint density at radius 1 is 0.760 bits per heavy atom. The zero-order chi connectivity index (χ0) is 17.6. The van der Waals surface area contributed by atoms with E-state index in [0.717, 1.165) is 5.56 Å². The van der Waals surface area contributed by atoms with E-state index in [1.807, 2.05) is 48.5 Å². The predicted octanol–water partition coefficient (Wildman–Crippen LogP) is 3.82. The van der Waals surface area contributed by atoms with Gasteiger partial charge in [0.2, 0.25) is 0 Å². The number of ketones is 1. The van der Waals surface area contributed by atoms with Crippen molar-refractivity contribution in [2.45, 2.75) is 6.04 Å². The molecule has 0 heterocycles. The standard InChI is InChI=1S/C21H18N2O2/c22-21(25)17-13-7-8-14-18(17)23-19(15-9-3-1-4-10-15)20(24)16-11-5-2-6-12-16/h1-14,19,23H,(H2,22,25)/t19-/m1/s1. The van der Waals surface area contributed by atoms with Crippen LogP contribution < -0.4 is 11.1 Å². The Morgan fingerprint density at radius 3 is 1.96 bits per heavy atom. The van der Waals surface area contributed by atoms with Crippen LogP contribution in [0.15, 0.2) is 84.9 Å². The number of Topliss-reactive ketones (excluding diaryl/α,β-unsaturated/α-hetero) is 1. The molecule has 1 amide bonds. The molecule has 3 rings (SSSR count). The fraction of sp³-hybridized carbons (Fsp3) is 0.0476. The zero-order valence-corrected chi connectivity index (χ0v) is 13.6. The van der Waals surface area contributed by atoms with Crippen molar-refractivity contribution in [1.82, 2.24) is 0 Å².